The van der Waals surface area contributed by atoms with Gasteiger partial charge in [-0.1, -0.05) is 6.92 Å². The normalized spacial score (nSPS) is 12.9. The van der Waals surface area contributed by atoms with E-state index in [1.54, 1.807) is 7.11 Å². The van der Waals surface area contributed by atoms with Crippen molar-refractivity contribution in [2.45, 2.75) is 38.8 Å². The lowest BCUT2D eigenvalue weighted by Crippen LogP contribution is -2.17. The molecule has 20 heavy (non-hydrogen) atoms. The summed E-state index contributed by atoms with van der Waals surface area (Å²) in [6.45, 7) is 3.24. The molecule has 0 radical (unpaired) electrons. The van der Waals surface area contributed by atoms with Gasteiger partial charge in [0.05, 0.1) is 23.7 Å². The van der Waals surface area contributed by atoms with Crippen LogP contribution in [0.25, 0.3) is 11.0 Å². The number of methoxy groups -OCH3 is 1. The Morgan fingerprint density at radius 2 is 2.25 bits per heavy atom. The quantitative estimate of drug-likeness (QED) is 0.759. The number of aryl methyl sites for hydroxylation is 2. The molecule has 2 aromatic rings. The molecular weight excluding hydrogens is 254 g/mol. The molecule has 1 aromatic carbocycles. The number of nitrogens with two attached hydrogens (primary N) is 1. The fourth-order valence-corrected chi connectivity index (χ4v) is 2.41. The molecule has 2 rings (SSSR count). The Morgan fingerprint density at radius 3 is 2.95 bits per heavy atom. The van der Waals surface area contributed by atoms with Crippen LogP contribution in [0.2, 0.25) is 0 Å². The largest absolute Gasteiger partial charge is 0.399 e. The van der Waals surface area contributed by atoms with Crippen molar-refractivity contribution in [2.24, 2.45) is 0 Å². The van der Waals surface area contributed by atoms with E-state index in [1.807, 2.05) is 18.2 Å². The summed E-state index contributed by atoms with van der Waals surface area (Å²) in [5, 5.41) is 9.81. The van der Waals surface area contributed by atoms with Crippen molar-refractivity contribution in [1.82, 2.24) is 9.55 Å². The molecule has 1 unspecified atom stereocenters. The van der Waals surface area contributed by atoms with Gasteiger partial charge >= 0.3 is 0 Å². The average Bonchev–Trinajstić information content (AvgIpc) is 2.74. The third-order valence-corrected chi connectivity index (χ3v) is 3.37. The monoisotopic (exact) mass is 277 g/mol. The molecule has 5 heteroatoms. The van der Waals surface area contributed by atoms with Gasteiger partial charge in [-0.3, -0.25) is 0 Å². The summed E-state index contributed by atoms with van der Waals surface area (Å²) in [6, 6.07) is 5.79. The van der Waals surface area contributed by atoms with Gasteiger partial charge in [0.25, 0.3) is 0 Å². The Labute approximate surface area is 119 Å². The molecule has 1 aromatic heterocycles. The predicted molar refractivity (Wildman–Crippen MR) is 80.6 cm³/mol. The van der Waals surface area contributed by atoms with Crippen LogP contribution in [0.3, 0.4) is 0 Å². The first-order chi connectivity index (χ1) is 9.65. The molecule has 0 fully saturated rings. The molecule has 0 aliphatic heterocycles. The molecule has 0 spiro atoms. The Bertz CT molecular complexity index is 565. The number of aliphatic hydroxyl groups is 1. The standard InChI is InChI=1S/C15H23N3O2/c1-3-4-15-17-13-9-11(16)5-6-14(13)18(15)8-7-12(19)10-20-2/h5-6,9,12,19H,3-4,7-8,10,16H2,1-2H3. The molecule has 110 valence electrons. The molecule has 1 atom stereocenters. The number of anilines is 1. The van der Waals surface area contributed by atoms with E-state index in [9.17, 15) is 5.11 Å². The summed E-state index contributed by atoms with van der Waals surface area (Å²) in [6.07, 6.45) is 2.18. The summed E-state index contributed by atoms with van der Waals surface area (Å²) in [4.78, 5) is 4.66. The van der Waals surface area contributed by atoms with Gasteiger partial charge in [-0.15, -0.1) is 0 Å². The van der Waals surface area contributed by atoms with Gasteiger partial charge in [0, 0.05) is 25.8 Å². The number of aliphatic hydroxyl groups excluding tert-OH is 1. The summed E-state index contributed by atoms with van der Waals surface area (Å²) in [5.41, 5.74) is 8.54. The molecule has 5 nitrogen and oxygen atoms in total. The minimum absolute atomic E-state index is 0.364. The second kappa shape index (κ2) is 6.72. The second-order valence-electron chi connectivity index (χ2n) is 5.08. The van der Waals surface area contributed by atoms with Gasteiger partial charge < -0.3 is 20.1 Å². The number of imidazole rings is 1. The Morgan fingerprint density at radius 1 is 1.45 bits per heavy atom. The van der Waals surface area contributed by atoms with Crippen LogP contribution in [-0.4, -0.2) is 34.5 Å². The highest BCUT2D eigenvalue weighted by Gasteiger charge is 2.12. The molecular formula is C15H23N3O2. The van der Waals surface area contributed by atoms with Crippen molar-refractivity contribution in [1.29, 1.82) is 0 Å². The fourth-order valence-electron chi connectivity index (χ4n) is 2.41. The smallest absolute Gasteiger partial charge is 0.109 e. The van der Waals surface area contributed by atoms with E-state index in [1.165, 1.54) is 0 Å². The highest BCUT2D eigenvalue weighted by atomic mass is 16.5. The number of aromatic nitrogens is 2. The van der Waals surface area contributed by atoms with Crippen LogP contribution in [0.15, 0.2) is 18.2 Å². The zero-order valence-corrected chi connectivity index (χ0v) is 12.2. The topological polar surface area (TPSA) is 73.3 Å². The average molecular weight is 277 g/mol. The Hall–Kier alpha value is -1.59. The maximum absolute atomic E-state index is 9.81. The number of ether oxygens (including phenoxy) is 1. The summed E-state index contributed by atoms with van der Waals surface area (Å²) in [5.74, 6) is 1.05. The van der Waals surface area contributed by atoms with E-state index in [0.717, 1.165) is 41.9 Å². The molecule has 3 N–H and O–H groups in total. The number of benzene rings is 1. The molecule has 0 saturated carbocycles. The van der Waals surface area contributed by atoms with Crippen LogP contribution in [-0.2, 0) is 17.7 Å². The highest BCUT2D eigenvalue weighted by molar-refractivity contribution is 5.79. The van der Waals surface area contributed by atoms with Gasteiger partial charge in [-0.2, -0.15) is 0 Å². The Kier molecular flexibility index (Phi) is 4.98. The van der Waals surface area contributed by atoms with E-state index < -0.39 is 6.10 Å². The SMILES string of the molecule is CCCc1nc2cc(N)ccc2n1CCC(O)COC. The van der Waals surface area contributed by atoms with E-state index in [4.69, 9.17) is 10.5 Å². The van der Waals surface area contributed by atoms with Crippen molar-refractivity contribution in [3.63, 3.8) is 0 Å². The molecule has 1 heterocycles. The van der Waals surface area contributed by atoms with E-state index in [-0.39, 0.29) is 0 Å². The van der Waals surface area contributed by atoms with Gasteiger partial charge in [0.2, 0.25) is 0 Å². The molecule has 0 bridgehead atoms. The fraction of sp³-hybridized carbons (Fsp3) is 0.533. The van der Waals surface area contributed by atoms with Crippen LogP contribution >= 0.6 is 0 Å². The number of rotatable bonds is 7. The van der Waals surface area contributed by atoms with E-state index in [0.29, 0.717) is 13.0 Å². The van der Waals surface area contributed by atoms with Crippen molar-refractivity contribution < 1.29 is 9.84 Å². The second-order valence-corrected chi connectivity index (χ2v) is 5.08. The minimum Gasteiger partial charge on any atom is -0.399 e. The lowest BCUT2D eigenvalue weighted by atomic mass is 10.2. The molecule has 0 saturated heterocycles. The zero-order valence-electron chi connectivity index (χ0n) is 12.2. The molecule has 0 amide bonds. The van der Waals surface area contributed by atoms with Crippen molar-refractivity contribution in [3.05, 3.63) is 24.0 Å². The molecule has 0 aliphatic carbocycles. The Balaban J connectivity index is 2.26. The van der Waals surface area contributed by atoms with Crippen molar-refractivity contribution in [3.8, 4) is 0 Å². The number of hydrogen-bond donors (Lipinski definition) is 2. The molecule has 0 aliphatic rings. The van der Waals surface area contributed by atoms with Gasteiger partial charge in [-0.25, -0.2) is 4.98 Å². The van der Waals surface area contributed by atoms with E-state index in [2.05, 4.69) is 16.5 Å². The zero-order chi connectivity index (χ0) is 14.5. The van der Waals surface area contributed by atoms with Crippen LogP contribution in [0.1, 0.15) is 25.6 Å². The maximum atomic E-state index is 9.81. The van der Waals surface area contributed by atoms with E-state index >= 15 is 0 Å². The summed E-state index contributed by atoms with van der Waals surface area (Å²) < 4.78 is 7.14. The van der Waals surface area contributed by atoms with Gasteiger partial charge in [-0.05, 0) is 31.0 Å². The van der Waals surface area contributed by atoms with Crippen LogP contribution in [0, 0.1) is 0 Å². The third-order valence-electron chi connectivity index (χ3n) is 3.37. The first-order valence-corrected chi connectivity index (χ1v) is 7.07. The highest BCUT2D eigenvalue weighted by Crippen LogP contribution is 2.20. The lowest BCUT2D eigenvalue weighted by Gasteiger charge is -2.12. The summed E-state index contributed by atoms with van der Waals surface area (Å²) in [7, 11) is 1.60. The number of fused-ring (bicyclic) bond motifs is 1. The lowest BCUT2D eigenvalue weighted by molar-refractivity contribution is 0.0566. The maximum Gasteiger partial charge on any atom is 0.109 e. The summed E-state index contributed by atoms with van der Waals surface area (Å²) >= 11 is 0. The van der Waals surface area contributed by atoms with Crippen LogP contribution < -0.4 is 5.73 Å². The van der Waals surface area contributed by atoms with Crippen molar-refractivity contribution in [2.75, 3.05) is 19.5 Å². The van der Waals surface area contributed by atoms with Gasteiger partial charge in [0.1, 0.15) is 5.82 Å². The number of nitrogens with zero attached hydrogens (tertiary/aromatic N) is 2. The predicted octanol–water partition coefficient (Wildman–Crippen LogP) is 1.97. The number of nitrogen functional groups attached to an aromatic ring is 1. The van der Waals surface area contributed by atoms with Crippen LogP contribution in [0.4, 0.5) is 5.69 Å². The first-order valence-electron chi connectivity index (χ1n) is 7.07. The van der Waals surface area contributed by atoms with Gasteiger partial charge in [0.15, 0.2) is 0 Å². The number of hydrogen-bond acceptors (Lipinski definition) is 4. The van der Waals surface area contributed by atoms with Crippen LogP contribution in [0.5, 0.6) is 0 Å². The third kappa shape index (κ3) is 3.29. The first kappa shape index (κ1) is 14.8. The van der Waals surface area contributed by atoms with Crippen molar-refractivity contribution >= 4 is 16.7 Å². The minimum atomic E-state index is -0.444.